The molecule has 0 saturated heterocycles. The normalized spacial score (nSPS) is 12.9. The summed E-state index contributed by atoms with van der Waals surface area (Å²) in [6, 6.07) is 9.53. The van der Waals surface area contributed by atoms with Gasteiger partial charge in [-0.05, 0) is 54.8 Å². The number of aromatic nitrogens is 2. The van der Waals surface area contributed by atoms with Crippen molar-refractivity contribution in [2.75, 3.05) is 5.32 Å². The number of rotatable bonds is 7. The van der Waals surface area contributed by atoms with Crippen molar-refractivity contribution in [2.45, 2.75) is 38.2 Å². The molecule has 0 aliphatic heterocycles. The van der Waals surface area contributed by atoms with Crippen molar-refractivity contribution in [3.8, 4) is 11.4 Å². The predicted molar refractivity (Wildman–Crippen MR) is 112 cm³/mol. The van der Waals surface area contributed by atoms with Gasteiger partial charge in [-0.2, -0.15) is 26.3 Å². The standard InChI is InChI=1S/C23H19F6N3O2/c1-13-10-15(20-30-11-16(12-31-20)23(27,28)29)4-7-18(13)19(8-9-22(24,25)26)32-17-5-2-14(3-6-17)21(33)34/h2-7,10-12,19,32H,8-9H2,1H3,(H,33,34). The van der Waals surface area contributed by atoms with E-state index in [1.807, 2.05) is 0 Å². The van der Waals surface area contributed by atoms with E-state index in [2.05, 4.69) is 15.3 Å². The second-order valence-corrected chi connectivity index (χ2v) is 7.60. The fourth-order valence-corrected chi connectivity index (χ4v) is 3.35. The summed E-state index contributed by atoms with van der Waals surface area (Å²) in [6.07, 6.45) is -8.96. The zero-order valence-corrected chi connectivity index (χ0v) is 17.7. The minimum Gasteiger partial charge on any atom is -0.478 e. The van der Waals surface area contributed by atoms with E-state index >= 15 is 0 Å². The van der Waals surface area contributed by atoms with Gasteiger partial charge in [0.25, 0.3) is 0 Å². The molecule has 0 aliphatic carbocycles. The van der Waals surface area contributed by atoms with Crippen LogP contribution in [-0.2, 0) is 6.18 Å². The molecule has 180 valence electrons. The number of nitrogens with one attached hydrogen (secondary N) is 1. The zero-order chi connectivity index (χ0) is 25.1. The lowest BCUT2D eigenvalue weighted by Crippen LogP contribution is -2.17. The third-order valence-corrected chi connectivity index (χ3v) is 5.07. The van der Waals surface area contributed by atoms with Crippen LogP contribution in [0, 0.1) is 6.92 Å². The van der Waals surface area contributed by atoms with Gasteiger partial charge in [0, 0.05) is 30.1 Å². The van der Waals surface area contributed by atoms with Crippen molar-refractivity contribution in [3.05, 3.63) is 77.1 Å². The first-order valence-corrected chi connectivity index (χ1v) is 10.0. The number of carbonyl (C=O) groups is 1. The summed E-state index contributed by atoms with van der Waals surface area (Å²) in [4.78, 5) is 18.5. The van der Waals surface area contributed by atoms with Crippen molar-refractivity contribution in [2.24, 2.45) is 0 Å². The Balaban J connectivity index is 1.88. The van der Waals surface area contributed by atoms with Crippen molar-refractivity contribution in [1.82, 2.24) is 9.97 Å². The van der Waals surface area contributed by atoms with E-state index in [1.165, 1.54) is 30.3 Å². The molecule has 0 amide bonds. The number of hydrogen-bond acceptors (Lipinski definition) is 4. The van der Waals surface area contributed by atoms with Gasteiger partial charge in [-0.3, -0.25) is 0 Å². The minimum atomic E-state index is -4.57. The first kappa shape index (κ1) is 25.0. The smallest absolute Gasteiger partial charge is 0.419 e. The van der Waals surface area contributed by atoms with Crippen LogP contribution < -0.4 is 5.32 Å². The average molecular weight is 483 g/mol. The quantitative estimate of drug-likeness (QED) is 0.368. The molecule has 2 aromatic carbocycles. The summed E-state index contributed by atoms with van der Waals surface area (Å²) < 4.78 is 77.0. The lowest BCUT2D eigenvalue weighted by Gasteiger charge is -2.23. The van der Waals surface area contributed by atoms with Crippen LogP contribution in [0.3, 0.4) is 0 Å². The number of carboxylic acid groups (broad SMARTS) is 1. The summed E-state index contributed by atoms with van der Waals surface area (Å²) in [7, 11) is 0. The maximum Gasteiger partial charge on any atom is 0.419 e. The van der Waals surface area contributed by atoms with Gasteiger partial charge in [0.15, 0.2) is 5.82 Å². The molecule has 2 N–H and O–H groups in total. The van der Waals surface area contributed by atoms with Crippen LogP contribution >= 0.6 is 0 Å². The average Bonchev–Trinajstić information content (AvgIpc) is 2.76. The molecule has 0 fully saturated rings. The molecule has 1 atom stereocenters. The molecule has 0 bridgehead atoms. The van der Waals surface area contributed by atoms with Crippen molar-refractivity contribution in [1.29, 1.82) is 0 Å². The first-order chi connectivity index (χ1) is 15.8. The van der Waals surface area contributed by atoms with E-state index in [0.717, 1.165) is 0 Å². The van der Waals surface area contributed by atoms with Gasteiger partial charge in [-0.1, -0.05) is 12.1 Å². The maximum atomic E-state index is 12.9. The van der Waals surface area contributed by atoms with Gasteiger partial charge >= 0.3 is 18.3 Å². The molecule has 1 unspecified atom stereocenters. The fraction of sp³-hybridized carbons (Fsp3) is 0.261. The Labute approximate surface area is 190 Å². The molecular weight excluding hydrogens is 464 g/mol. The third kappa shape index (κ3) is 6.46. The van der Waals surface area contributed by atoms with E-state index < -0.39 is 36.3 Å². The van der Waals surface area contributed by atoms with Crippen LogP contribution in [0.5, 0.6) is 0 Å². The van der Waals surface area contributed by atoms with Crippen molar-refractivity contribution in [3.63, 3.8) is 0 Å². The minimum absolute atomic E-state index is 0.0365. The van der Waals surface area contributed by atoms with Crippen LogP contribution in [0.1, 0.15) is 45.9 Å². The molecule has 0 radical (unpaired) electrons. The van der Waals surface area contributed by atoms with Crippen LogP contribution in [0.4, 0.5) is 32.0 Å². The van der Waals surface area contributed by atoms with E-state index in [0.29, 0.717) is 34.8 Å². The van der Waals surface area contributed by atoms with Gasteiger partial charge < -0.3 is 10.4 Å². The molecule has 1 aromatic heterocycles. The fourth-order valence-electron chi connectivity index (χ4n) is 3.35. The SMILES string of the molecule is Cc1cc(-c2ncc(C(F)(F)F)cn2)ccc1C(CCC(F)(F)F)Nc1ccc(C(=O)O)cc1. The maximum absolute atomic E-state index is 12.9. The number of aromatic carboxylic acids is 1. The summed E-state index contributed by atoms with van der Waals surface area (Å²) in [5.74, 6) is -1.08. The number of alkyl halides is 6. The molecule has 3 aromatic rings. The van der Waals surface area contributed by atoms with E-state index in [9.17, 15) is 31.1 Å². The number of hydrogen-bond donors (Lipinski definition) is 2. The highest BCUT2D eigenvalue weighted by Gasteiger charge is 2.31. The molecule has 34 heavy (non-hydrogen) atoms. The Morgan fingerprint density at radius 3 is 2.12 bits per heavy atom. The lowest BCUT2D eigenvalue weighted by atomic mass is 9.95. The van der Waals surface area contributed by atoms with E-state index in [-0.39, 0.29) is 17.8 Å². The molecule has 5 nitrogen and oxygen atoms in total. The molecule has 0 spiro atoms. The number of aryl methyl sites for hydroxylation is 1. The monoisotopic (exact) mass is 483 g/mol. The van der Waals surface area contributed by atoms with Gasteiger partial charge in [0.1, 0.15) is 0 Å². The number of anilines is 1. The first-order valence-electron chi connectivity index (χ1n) is 10.0. The Kier molecular flexibility index (Phi) is 7.13. The molecule has 0 aliphatic rings. The Morgan fingerprint density at radius 2 is 1.62 bits per heavy atom. The summed E-state index contributed by atoms with van der Waals surface area (Å²) >= 11 is 0. The molecule has 11 heteroatoms. The molecular formula is C23H19F6N3O2. The summed E-state index contributed by atoms with van der Waals surface area (Å²) in [5.41, 5.74) is 1.02. The molecule has 3 rings (SSSR count). The molecule has 1 heterocycles. The summed E-state index contributed by atoms with van der Waals surface area (Å²) in [5, 5.41) is 12.0. The third-order valence-electron chi connectivity index (χ3n) is 5.07. The van der Waals surface area contributed by atoms with Gasteiger partial charge in [-0.25, -0.2) is 14.8 Å². The summed E-state index contributed by atoms with van der Waals surface area (Å²) in [6.45, 7) is 1.67. The predicted octanol–water partition coefficient (Wildman–Crippen LogP) is 6.66. The number of halogens is 6. The highest BCUT2D eigenvalue weighted by molar-refractivity contribution is 5.88. The molecule has 0 saturated carbocycles. The number of benzene rings is 2. The lowest BCUT2D eigenvalue weighted by molar-refractivity contribution is -0.138. The van der Waals surface area contributed by atoms with E-state index in [4.69, 9.17) is 5.11 Å². The van der Waals surface area contributed by atoms with Gasteiger partial charge in [-0.15, -0.1) is 0 Å². The van der Waals surface area contributed by atoms with Crippen LogP contribution in [0.15, 0.2) is 54.9 Å². The Morgan fingerprint density at radius 1 is 1.00 bits per heavy atom. The zero-order valence-electron chi connectivity index (χ0n) is 17.7. The van der Waals surface area contributed by atoms with Gasteiger partial charge in [0.05, 0.1) is 17.2 Å². The highest BCUT2D eigenvalue weighted by Crippen LogP contribution is 2.33. The van der Waals surface area contributed by atoms with E-state index in [1.54, 1.807) is 19.1 Å². The largest absolute Gasteiger partial charge is 0.478 e. The van der Waals surface area contributed by atoms with Crippen LogP contribution in [0.2, 0.25) is 0 Å². The topological polar surface area (TPSA) is 75.1 Å². The van der Waals surface area contributed by atoms with Crippen molar-refractivity contribution < 1.29 is 36.2 Å². The second kappa shape index (κ2) is 9.70. The van der Waals surface area contributed by atoms with Crippen LogP contribution in [-0.4, -0.2) is 27.2 Å². The van der Waals surface area contributed by atoms with Crippen LogP contribution in [0.25, 0.3) is 11.4 Å². The Hall–Kier alpha value is -3.63. The second-order valence-electron chi connectivity index (χ2n) is 7.60. The van der Waals surface area contributed by atoms with Crippen molar-refractivity contribution >= 4 is 11.7 Å². The Bertz CT molecular complexity index is 1140. The van der Waals surface area contributed by atoms with Gasteiger partial charge in [0.2, 0.25) is 0 Å². The highest BCUT2D eigenvalue weighted by atomic mass is 19.4. The number of carboxylic acids is 1. The number of nitrogens with zero attached hydrogens (tertiary/aromatic N) is 2.